The third kappa shape index (κ3) is 7.83. The molecule has 0 amide bonds. The fraction of sp³-hybridized carbons (Fsp3) is 0.312. The number of tetrazole rings is 1. The van der Waals surface area contributed by atoms with Crippen molar-refractivity contribution in [3.8, 4) is 28.5 Å². The molecule has 1 fully saturated rings. The van der Waals surface area contributed by atoms with E-state index in [4.69, 9.17) is 19.3 Å². The van der Waals surface area contributed by atoms with Crippen LogP contribution in [-0.4, -0.2) is 78.3 Å². The van der Waals surface area contributed by atoms with Crippen molar-refractivity contribution in [1.29, 1.82) is 0 Å². The van der Waals surface area contributed by atoms with Crippen LogP contribution in [0.15, 0.2) is 66.7 Å². The zero-order valence-corrected chi connectivity index (χ0v) is 25.3. The molecule has 3 N–H and O–H groups in total. The number of nitrogens with one attached hydrogen (secondary N) is 1. The van der Waals surface area contributed by atoms with Gasteiger partial charge in [-0.05, 0) is 60.7 Å². The quantitative estimate of drug-likeness (QED) is 0.146. The highest BCUT2D eigenvalue weighted by Crippen LogP contribution is 2.31. The van der Waals surface area contributed by atoms with Gasteiger partial charge in [0.05, 0.1) is 36.4 Å². The topological polar surface area (TPSA) is 184 Å². The van der Waals surface area contributed by atoms with Crippen LogP contribution in [0.25, 0.3) is 33.5 Å². The minimum Gasteiger partial charge on any atom is -0.478 e. The van der Waals surface area contributed by atoms with Gasteiger partial charge in [0.25, 0.3) is 6.01 Å². The molecule has 46 heavy (non-hydrogen) atoms. The molecule has 14 heteroatoms. The number of carbonyl (C=O) groups excluding carboxylic acids is 1. The number of fused-ring (bicyclic) bond motifs is 1. The van der Waals surface area contributed by atoms with Crippen LogP contribution in [0.5, 0.6) is 6.01 Å². The molecule has 3 heterocycles. The van der Waals surface area contributed by atoms with E-state index in [0.29, 0.717) is 49.0 Å². The lowest BCUT2D eigenvalue weighted by molar-refractivity contribution is -0.159. The Labute approximate surface area is 263 Å². The minimum atomic E-state index is -1.14. The largest absolute Gasteiger partial charge is 0.512 e. The molecule has 0 bridgehead atoms. The summed E-state index contributed by atoms with van der Waals surface area (Å²) in [5.74, 6) is -0.472. The molecule has 5 aromatic rings. The highest BCUT2D eigenvalue weighted by molar-refractivity contribution is 6.01. The number of hydrogen-bond donors (Lipinski definition) is 3. The summed E-state index contributed by atoms with van der Waals surface area (Å²) in [5.41, 5.74) is 5.17. The summed E-state index contributed by atoms with van der Waals surface area (Å²) in [6.07, 6.45) is 0.116. The molecule has 14 nitrogen and oxygen atoms in total. The van der Waals surface area contributed by atoms with Crippen molar-refractivity contribution in [2.24, 2.45) is 0 Å². The van der Waals surface area contributed by atoms with Gasteiger partial charge in [0.2, 0.25) is 18.4 Å². The smallest absolute Gasteiger partial charge is 0.478 e. The summed E-state index contributed by atoms with van der Waals surface area (Å²) in [6, 6.07) is 21.4. The summed E-state index contributed by atoms with van der Waals surface area (Å²) < 4.78 is 21.8. The molecule has 0 radical (unpaired) electrons. The summed E-state index contributed by atoms with van der Waals surface area (Å²) in [5, 5.41) is 32.7. The molecule has 1 aliphatic rings. The van der Waals surface area contributed by atoms with Crippen molar-refractivity contribution in [3.05, 3.63) is 77.9 Å². The molecular weight excluding hydrogens is 596 g/mol. The lowest BCUT2D eigenvalue weighted by Gasteiger charge is -2.22. The Bertz CT molecular complexity index is 1750. The first-order chi connectivity index (χ1) is 22.3. The Kier molecular flexibility index (Phi) is 10.5. The number of H-pyrrole nitrogens is 1. The average Bonchev–Trinajstić information content (AvgIpc) is 3.71. The lowest BCUT2D eigenvalue weighted by atomic mass is 9.98. The van der Waals surface area contributed by atoms with E-state index >= 15 is 0 Å². The van der Waals surface area contributed by atoms with Crippen LogP contribution in [0.1, 0.15) is 49.0 Å². The average molecular weight is 631 g/mol. The predicted octanol–water partition coefficient (Wildman–Crippen LogP) is 5.03. The lowest BCUT2D eigenvalue weighted by Crippen LogP contribution is -2.27. The van der Waals surface area contributed by atoms with E-state index in [-0.39, 0.29) is 5.56 Å². The number of imidazole rings is 1. The van der Waals surface area contributed by atoms with Crippen molar-refractivity contribution < 1.29 is 38.7 Å². The molecule has 2 aromatic heterocycles. The number of aliphatic hydroxyl groups is 1. The zero-order chi connectivity index (χ0) is 32.5. The number of aromatic amines is 1. The molecule has 0 saturated carbocycles. The molecule has 3 aromatic carbocycles. The van der Waals surface area contributed by atoms with Crippen LogP contribution in [0.4, 0.5) is 4.79 Å². The van der Waals surface area contributed by atoms with Crippen molar-refractivity contribution >= 4 is 23.2 Å². The fourth-order valence-corrected chi connectivity index (χ4v) is 4.98. The number of aromatic nitrogens is 6. The zero-order valence-electron chi connectivity index (χ0n) is 25.3. The van der Waals surface area contributed by atoms with Gasteiger partial charge in [-0.2, -0.15) is 10.2 Å². The van der Waals surface area contributed by atoms with Gasteiger partial charge in [-0.15, -0.1) is 10.2 Å². The highest BCUT2D eigenvalue weighted by atomic mass is 16.8. The van der Waals surface area contributed by atoms with Crippen molar-refractivity contribution in [2.75, 3.05) is 13.2 Å². The van der Waals surface area contributed by atoms with Gasteiger partial charge in [0, 0.05) is 12.0 Å². The first-order valence-corrected chi connectivity index (χ1v) is 14.8. The Morgan fingerprint density at radius 1 is 1.07 bits per heavy atom. The van der Waals surface area contributed by atoms with Crippen LogP contribution < -0.4 is 4.74 Å². The number of ether oxygens (including phenoxy) is 4. The molecule has 2 unspecified atom stereocenters. The standard InChI is InChI=1S/C24H20N6O3.C8H14O5/c1-2-33-24-25-20-9-5-8-19(23(31)32)21(20)30(24)14-15-10-12-16(13-11-15)17-6-3-4-7-18(17)22-26-28-29-27-22;1-6(9)12-8(10)13-7-4-2-3-5-11-7/h3-13H,2,14H2,1H3,(H,31,32)(H,26,27,28,29);6-7,9H,2-5H2,1H3. The molecule has 0 aliphatic carbocycles. The fourth-order valence-electron chi connectivity index (χ4n) is 4.98. The summed E-state index contributed by atoms with van der Waals surface area (Å²) in [4.78, 5) is 27.2. The molecule has 2 atom stereocenters. The molecular formula is C32H34N6O8. The maximum absolute atomic E-state index is 11.8. The Morgan fingerprint density at radius 3 is 2.50 bits per heavy atom. The van der Waals surface area contributed by atoms with E-state index < -0.39 is 24.7 Å². The van der Waals surface area contributed by atoms with Crippen LogP contribution in [0, 0.1) is 0 Å². The molecule has 6 rings (SSSR count). The number of carbonyl (C=O) groups is 2. The van der Waals surface area contributed by atoms with Gasteiger partial charge in [-0.1, -0.05) is 54.6 Å². The van der Waals surface area contributed by atoms with E-state index in [9.17, 15) is 14.7 Å². The second kappa shape index (κ2) is 15.1. The maximum Gasteiger partial charge on any atom is 0.512 e. The van der Waals surface area contributed by atoms with E-state index in [1.54, 1.807) is 18.2 Å². The summed E-state index contributed by atoms with van der Waals surface area (Å²) in [6.45, 7) is 4.66. The number of carboxylic acid groups (broad SMARTS) is 1. The van der Waals surface area contributed by atoms with Gasteiger partial charge < -0.3 is 29.2 Å². The minimum absolute atomic E-state index is 0.191. The monoisotopic (exact) mass is 630 g/mol. The molecule has 240 valence electrons. The van der Waals surface area contributed by atoms with Gasteiger partial charge in [-0.3, -0.25) is 4.57 Å². The van der Waals surface area contributed by atoms with E-state index in [0.717, 1.165) is 35.1 Å². The van der Waals surface area contributed by atoms with E-state index in [1.165, 1.54) is 6.92 Å². The number of carboxylic acids is 1. The highest BCUT2D eigenvalue weighted by Gasteiger charge is 2.21. The van der Waals surface area contributed by atoms with Crippen molar-refractivity contribution in [2.45, 2.75) is 52.2 Å². The number of benzene rings is 3. The normalized spacial score (nSPS) is 15.0. The Balaban J connectivity index is 0.000000270. The first-order valence-electron chi connectivity index (χ1n) is 14.8. The van der Waals surface area contributed by atoms with Crippen molar-refractivity contribution in [1.82, 2.24) is 30.2 Å². The van der Waals surface area contributed by atoms with Crippen LogP contribution in [0.3, 0.4) is 0 Å². The van der Waals surface area contributed by atoms with Crippen LogP contribution in [-0.2, 0) is 20.8 Å². The SMILES string of the molecule is CC(O)OC(=O)OC1CCCCO1.CCOc1nc2cccc(C(=O)O)c2n1Cc1ccc(-c2ccccc2-c2nn[nH]n2)cc1. The Hall–Kier alpha value is -5.34. The summed E-state index contributed by atoms with van der Waals surface area (Å²) in [7, 11) is 0. The number of rotatable bonds is 9. The number of aliphatic hydroxyl groups excluding tert-OH is 1. The Morgan fingerprint density at radius 2 is 1.85 bits per heavy atom. The first kappa shape index (κ1) is 32.1. The second-order valence-electron chi connectivity index (χ2n) is 10.3. The number of para-hydroxylation sites is 1. The third-order valence-corrected chi connectivity index (χ3v) is 6.99. The summed E-state index contributed by atoms with van der Waals surface area (Å²) >= 11 is 0. The van der Waals surface area contributed by atoms with Gasteiger partial charge in [0.1, 0.15) is 0 Å². The number of hydrogen-bond acceptors (Lipinski definition) is 11. The van der Waals surface area contributed by atoms with E-state index in [2.05, 4.69) is 30.3 Å². The molecule has 0 spiro atoms. The van der Waals surface area contributed by atoms with Gasteiger partial charge in [-0.25, -0.2) is 9.59 Å². The maximum atomic E-state index is 11.8. The number of aromatic carboxylic acids is 1. The predicted molar refractivity (Wildman–Crippen MR) is 165 cm³/mol. The van der Waals surface area contributed by atoms with Crippen LogP contribution >= 0.6 is 0 Å². The van der Waals surface area contributed by atoms with Gasteiger partial charge in [0.15, 0.2) is 0 Å². The van der Waals surface area contributed by atoms with Crippen LogP contribution in [0.2, 0.25) is 0 Å². The third-order valence-electron chi connectivity index (χ3n) is 6.99. The second-order valence-corrected chi connectivity index (χ2v) is 10.3. The number of nitrogens with zero attached hydrogens (tertiary/aromatic N) is 5. The molecule has 1 saturated heterocycles. The van der Waals surface area contributed by atoms with Gasteiger partial charge >= 0.3 is 12.1 Å². The van der Waals surface area contributed by atoms with Crippen molar-refractivity contribution in [3.63, 3.8) is 0 Å². The van der Waals surface area contributed by atoms with E-state index in [1.807, 2.05) is 60.0 Å². The molecule has 1 aliphatic heterocycles.